The maximum Gasteiger partial charge on any atom is 0.110 e. The highest BCUT2D eigenvalue weighted by Gasteiger charge is 2.44. The van der Waals surface area contributed by atoms with Crippen molar-refractivity contribution in [2.45, 2.75) is 31.4 Å². The number of fused-ring (bicyclic) bond motifs is 3. The van der Waals surface area contributed by atoms with Crippen LogP contribution in [0.3, 0.4) is 0 Å². The van der Waals surface area contributed by atoms with E-state index in [1.165, 1.54) is 11.1 Å². The molecule has 1 fully saturated rings. The predicted octanol–water partition coefficient (Wildman–Crippen LogP) is 3.22. The summed E-state index contributed by atoms with van der Waals surface area (Å²) in [5, 5.41) is 24.0. The Morgan fingerprint density at radius 3 is 2.57 bits per heavy atom. The molecule has 120 valence electrons. The Morgan fingerprint density at radius 2 is 1.74 bits per heavy atom. The number of nitrogens with zero attached hydrogens (tertiary/aromatic N) is 1. The number of rotatable bonds is 2. The first-order valence-electron chi connectivity index (χ1n) is 8.51. The fraction of sp³-hybridized carbons (Fsp3) is 0.400. The van der Waals surface area contributed by atoms with E-state index in [4.69, 9.17) is 0 Å². The molecule has 0 amide bonds. The van der Waals surface area contributed by atoms with Gasteiger partial charge < -0.3 is 15.0 Å². The Labute approximate surface area is 137 Å². The van der Waals surface area contributed by atoms with Crippen molar-refractivity contribution in [3.63, 3.8) is 0 Å². The average Bonchev–Trinajstić information content (AvgIpc) is 2.54. The smallest absolute Gasteiger partial charge is 0.110 e. The van der Waals surface area contributed by atoms with Gasteiger partial charge in [0.25, 0.3) is 0 Å². The first kappa shape index (κ1) is 14.9. The number of aliphatic hydroxyl groups excluding tert-OH is 1. The third-order valence-corrected chi connectivity index (χ3v) is 5.52. The maximum atomic E-state index is 13.2. The predicted molar refractivity (Wildman–Crippen MR) is 90.5 cm³/mol. The third-order valence-electron chi connectivity index (χ3n) is 5.52. The quantitative estimate of drug-likeness (QED) is 0.684. The zero-order valence-corrected chi connectivity index (χ0v) is 13.3. The van der Waals surface area contributed by atoms with E-state index in [1.807, 2.05) is 36.4 Å². The van der Waals surface area contributed by atoms with Crippen LogP contribution in [-0.4, -0.2) is 28.9 Å². The summed E-state index contributed by atoms with van der Waals surface area (Å²) in [6.45, 7) is 1.37. The van der Waals surface area contributed by atoms with E-state index in [0.717, 1.165) is 18.4 Å². The lowest BCUT2D eigenvalue weighted by Crippen LogP contribution is -2.58. The van der Waals surface area contributed by atoms with Gasteiger partial charge in [-0.3, -0.25) is 0 Å². The Bertz CT molecular complexity index is 687. The number of hydrogen-bond donors (Lipinski definition) is 1. The monoisotopic (exact) mass is 309 g/mol. The number of likely N-dealkylation sites (tertiary alicyclic amines) is 1. The number of aryl methyl sites for hydroxylation is 1. The summed E-state index contributed by atoms with van der Waals surface area (Å²) < 4.78 is -0.297. The van der Waals surface area contributed by atoms with Crippen LogP contribution in [0, 0.1) is 11.1 Å². The minimum absolute atomic E-state index is 0.135. The van der Waals surface area contributed by atoms with Crippen molar-refractivity contribution in [3.05, 3.63) is 76.5 Å². The molecule has 0 saturated carbocycles. The summed E-state index contributed by atoms with van der Waals surface area (Å²) in [6.07, 6.45) is 1.49. The van der Waals surface area contributed by atoms with E-state index in [2.05, 4.69) is 18.2 Å². The van der Waals surface area contributed by atoms with Crippen LogP contribution in [0.4, 0.5) is 0 Å². The van der Waals surface area contributed by atoms with E-state index in [1.54, 1.807) is 0 Å². The van der Waals surface area contributed by atoms with Crippen LogP contribution in [0.1, 0.15) is 29.0 Å². The Morgan fingerprint density at radius 1 is 1.00 bits per heavy atom. The summed E-state index contributed by atoms with van der Waals surface area (Å²) >= 11 is 0. The first-order chi connectivity index (χ1) is 11.1. The lowest BCUT2D eigenvalue weighted by molar-refractivity contribution is -0.906. The number of aliphatic hydroxyl groups is 1. The highest BCUT2D eigenvalue weighted by Crippen LogP contribution is 2.43. The molecule has 1 aliphatic carbocycles. The molecule has 4 unspecified atom stereocenters. The average molecular weight is 309 g/mol. The molecule has 1 saturated heterocycles. The SMILES string of the molecule is [O-][N+]1(Cc2ccccc2)CC(O)C2c3ccccc3CCC2C1. The first-order valence-corrected chi connectivity index (χ1v) is 8.51. The second kappa shape index (κ2) is 5.75. The highest BCUT2D eigenvalue weighted by molar-refractivity contribution is 5.34. The van der Waals surface area contributed by atoms with Crippen LogP contribution in [0.5, 0.6) is 0 Å². The van der Waals surface area contributed by atoms with Crippen molar-refractivity contribution in [1.29, 1.82) is 0 Å². The summed E-state index contributed by atoms with van der Waals surface area (Å²) in [6, 6.07) is 18.3. The van der Waals surface area contributed by atoms with Crippen molar-refractivity contribution in [2.75, 3.05) is 13.1 Å². The van der Waals surface area contributed by atoms with Gasteiger partial charge in [-0.25, -0.2) is 0 Å². The summed E-state index contributed by atoms with van der Waals surface area (Å²) in [5.74, 6) is 0.422. The van der Waals surface area contributed by atoms with Gasteiger partial charge in [-0.1, -0.05) is 54.6 Å². The zero-order valence-electron chi connectivity index (χ0n) is 13.3. The van der Waals surface area contributed by atoms with Crippen LogP contribution < -0.4 is 0 Å². The molecule has 0 aromatic heterocycles. The molecular weight excluding hydrogens is 286 g/mol. The topological polar surface area (TPSA) is 43.3 Å². The van der Waals surface area contributed by atoms with Gasteiger partial charge in [0.05, 0.1) is 6.54 Å². The van der Waals surface area contributed by atoms with E-state index < -0.39 is 6.10 Å². The van der Waals surface area contributed by atoms with Gasteiger partial charge in [-0.05, 0) is 24.0 Å². The summed E-state index contributed by atoms with van der Waals surface area (Å²) in [4.78, 5) is 0. The van der Waals surface area contributed by atoms with Gasteiger partial charge in [-0.15, -0.1) is 0 Å². The van der Waals surface area contributed by atoms with Gasteiger partial charge in [0.1, 0.15) is 19.2 Å². The second-order valence-corrected chi connectivity index (χ2v) is 7.16. The third kappa shape index (κ3) is 2.80. The van der Waals surface area contributed by atoms with Crippen LogP contribution in [0.25, 0.3) is 0 Å². The summed E-state index contributed by atoms with van der Waals surface area (Å²) in [7, 11) is 0. The molecule has 0 bridgehead atoms. The van der Waals surface area contributed by atoms with Crippen molar-refractivity contribution in [3.8, 4) is 0 Å². The molecule has 0 radical (unpaired) electrons. The maximum absolute atomic E-state index is 13.2. The number of hydrogen-bond acceptors (Lipinski definition) is 2. The van der Waals surface area contributed by atoms with E-state index in [0.29, 0.717) is 19.6 Å². The van der Waals surface area contributed by atoms with Crippen LogP contribution in [-0.2, 0) is 13.0 Å². The molecule has 4 atom stereocenters. The van der Waals surface area contributed by atoms with Crippen molar-refractivity contribution in [2.24, 2.45) is 5.92 Å². The highest BCUT2D eigenvalue weighted by atomic mass is 16.5. The van der Waals surface area contributed by atoms with Gasteiger partial charge >= 0.3 is 0 Å². The van der Waals surface area contributed by atoms with Crippen LogP contribution in [0.2, 0.25) is 0 Å². The number of quaternary nitrogens is 1. The van der Waals surface area contributed by atoms with E-state index in [9.17, 15) is 10.3 Å². The minimum atomic E-state index is -0.545. The standard InChI is InChI=1S/C20H23NO2/c22-19-14-21(23,12-15-6-2-1-3-7-15)13-17-11-10-16-8-4-5-9-18(16)20(17)19/h1-9,17,19-20,22H,10-14H2. The van der Waals surface area contributed by atoms with Crippen LogP contribution >= 0.6 is 0 Å². The molecular formula is C20H23NO2. The van der Waals surface area contributed by atoms with Gasteiger partial charge in [-0.2, -0.15) is 0 Å². The lowest BCUT2D eigenvalue weighted by atomic mass is 9.70. The minimum Gasteiger partial charge on any atom is -0.632 e. The lowest BCUT2D eigenvalue weighted by Gasteiger charge is -2.54. The van der Waals surface area contributed by atoms with Crippen molar-refractivity contribution >= 4 is 0 Å². The fourth-order valence-corrected chi connectivity index (χ4v) is 4.59. The van der Waals surface area contributed by atoms with Gasteiger partial charge in [0.15, 0.2) is 0 Å². The molecule has 1 heterocycles. The normalized spacial score (nSPS) is 32.9. The van der Waals surface area contributed by atoms with Crippen molar-refractivity contribution < 1.29 is 9.75 Å². The number of piperidine rings is 1. The summed E-state index contributed by atoms with van der Waals surface area (Å²) in [5.41, 5.74) is 3.67. The molecule has 3 heteroatoms. The molecule has 0 spiro atoms. The Balaban J connectivity index is 1.59. The molecule has 2 aliphatic rings. The molecule has 2 aromatic carbocycles. The van der Waals surface area contributed by atoms with Gasteiger partial charge in [0, 0.05) is 17.4 Å². The van der Waals surface area contributed by atoms with Gasteiger partial charge in [0.2, 0.25) is 0 Å². The largest absolute Gasteiger partial charge is 0.632 e. The second-order valence-electron chi connectivity index (χ2n) is 7.16. The van der Waals surface area contributed by atoms with E-state index in [-0.39, 0.29) is 16.5 Å². The number of benzene rings is 2. The molecule has 4 rings (SSSR count). The molecule has 2 aromatic rings. The molecule has 1 aliphatic heterocycles. The van der Waals surface area contributed by atoms with E-state index >= 15 is 0 Å². The fourth-order valence-electron chi connectivity index (χ4n) is 4.59. The van der Waals surface area contributed by atoms with Crippen LogP contribution in [0.15, 0.2) is 54.6 Å². The Hall–Kier alpha value is -1.68. The number of hydroxylamine groups is 3. The zero-order chi connectivity index (χ0) is 15.9. The Kier molecular flexibility index (Phi) is 3.72. The molecule has 3 nitrogen and oxygen atoms in total. The molecule has 23 heavy (non-hydrogen) atoms. The molecule has 1 N–H and O–H groups in total. The van der Waals surface area contributed by atoms with Crippen molar-refractivity contribution in [1.82, 2.24) is 0 Å².